The summed E-state index contributed by atoms with van der Waals surface area (Å²) in [6, 6.07) is 5.47. The van der Waals surface area contributed by atoms with Crippen LogP contribution in [-0.4, -0.2) is 22.5 Å². The van der Waals surface area contributed by atoms with Crippen molar-refractivity contribution in [2.24, 2.45) is 0 Å². The molecular formula is C15H18BrN3O2. The number of nitrogens with one attached hydrogen (secondary N) is 2. The van der Waals surface area contributed by atoms with Crippen molar-refractivity contribution in [3.63, 3.8) is 0 Å². The van der Waals surface area contributed by atoms with Gasteiger partial charge < -0.3 is 15.0 Å². The summed E-state index contributed by atoms with van der Waals surface area (Å²) < 4.78 is 6.49. The maximum atomic E-state index is 12.0. The molecule has 0 aromatic carbocycles. The SMILES string of the molecule is CCCCOc1ncccc1CNC(=O)c1cc(Br)c[nH]1. The van der Waals surface area contributed by atoms with Gasteiger partial charge in [0.15, 0.2) is 0 Å². The summed E-state index contributed by atoms with van der Waals surface area (Å²) in [5.74, 6) is 0.419. The van der Waals surface area contributed by atoms with Gasteiger partial charge in [-0.15, -0.1) is 0 Å². The number of halogens is 1. The fourth-order valence-corrected chi connectivity index (χ4v) is 2.11. The first-order valence-corrected chi connectivity index (χ1v) is 7.68. The van der Waals surface area contributed by atoms with Gasteiger partial charge in [0.25, 0.3) is 5.91 Å². The van der Waals surface area contributed by atoms with Gasteiger partial charge in [-0.05, 0) is 34.5 Å². The molecule has 0 saturated carbocycles. The molecule has 0 unspecified atom stereocenters. The number of pyridine rings is 1. The number of nitrogens with zero attached hydrogens (tertiary/aromatic N) is 1. The van der Waals surface area contributed by atoms with Crippen LogP contribution >= 0.6 is 15.9 Å². The third kappa shape index (κ3) is 4.60. The van der Waals surface area contributed by atoms with E-state index in [1.54, 1.807) is 18.5 Å². The van der Waals surface area contributed by atoms with Gasteiger partial charge in [0.05, 0.1) is 6.61 Å². The number of aromatic amines is 1. The number of unbranched alkanes of at least 4 members (excludes halogenated alkanes) is 1. The highest BCUT2D eigenvalue weighted by Gasteiger charge is 2.10. The fourth-order valence-electron chi connectivity index (χ4n) is 1.77. The van der Waals surface area contributed by atoms with Crippen molar-refractivity contribution in [1.29, 1.82) is 0 Å². The van der Waals surface area contributed by atoms with Crippen molar-refractivity contribution in [3.8, 4) is 5.88 Å². The zero-order valence-electron chi connectivity index (χ0n) is 11.9. The van der Waals surface area contributed by atoms with Crippen LogP contribution in [0.15, 0.2) is 35.1 Å². The highest BCUT2D eigenvalue weighted by atomic mass is 79.9. The number of carbonyl (C=O) groups is 1. The molecule has 2 rings (SSSR count). The highest BCUT2D eigenvalue weighted by Crippen LogP contribution is 2.15. The van der Waals surface area contributed by atoms with Crippen molar-refractivity contribution in [3.05, 3.63) is 46.3 Å². The number of hydrogen-bond acceptors (Lipinski definition) is 3. The Hall–Kier alpha value is -1.82. The van der Waals surface area contributed by atoms with Crippen LogP contribution in [0.1, 0.15) is 35.8 Å². The normalized spacial score (nSPS) is 10.4. The first-order chi connectivity index (χ1) is 10.2. The molecule has 5 nitrogen and oxygen atoms in total. The van der Waals surface area contributed by atoms with Gasteiger partial charge in [-0.25, -0.2) is 4.98 Å². The Morgan fingerprint density at radius 2 is 2.38 bits per heavy atom. The molecule has 0 bridgehead atoms. The van der Waals surface area contributed by atoms with Crippen LogP contribution in [0.25, 0.3) is 0 Å². The molecule has 2 aromatic rings. The van der Waals surface area contributed by atoms with Gasteiger partial charge in [-0.2, -0.15) is 0 Å². The minimum absolute atomic E-state index is 0.163. The summed E-state index contributed by atoms with van der Waals surface area (Å²) in [5, 5.41) is 2.85. The first kappa shape index (κ1) is 15.6. The van der Waals surface area contributed by atoms with Crippen LogP contribution in [0, 0.1) is 0 Å². The number of ether oxygens (including phenoxy) is 1. The minimum atomic E-state index is -0.163. The topological polar surface area (TPSA) is 67.0 Å². The monoisotopic (exact) mass is 351 g/mol. The summed E-state index contributed by atoms with van der Waals surface area (Å²) >= 11 is 3.30. The third-order valence-electron chi connectivity index (χ3n) is 2.92. The first-order valence-electron chi connectivity index (χ1n) is 6.89. The van der Waals surface area contributed by atoms with E-state index in [0.29, 0.717) is 24.7 Å². The Bertz CT molecular complexity index is 598. The second kappa shape index (κ2) is 7.83. The molecule has 0 aliphatic carbocycles. The van der Waals surface area contributed by atoms with Crippen molar-refractivity contribution in [1.82, 2.24) is 15.3 Å². The molecule has 21 heavy (non-hydrogen) atoms. The van der Waals surface area contributed by atoms with Crippen molar-refractivity contribution >= 4 is 21.8 Å². The van der Waals surface area contributed by atoms with Gasteiger partial charge in [0.1, 0.15) is 5.69 Å². The maximum Gasteiger partial charge on any atom is 0.268 e. The third-order valence-corrected chi connectivity index (χ3v) is 3.38. The molecule has 0 atom stereocenters. The van der Waals surface area contributed by atoms with Crippen molar-refractivity contribution in [2.45, 2.75) is 26.3 Å². The molecule has 0 spiro atoms. The molecule has 2 aromatic heterocycles. The van der Waals surface area contributed by atoms with E-state index in [4.69, 9.17) is 4.74 Å². The summed E-state index contributed by atoms with van der Waals surface area (Å²) in [6.45, 7) is 3.13. The smallest absolute Gasteiger partial charge is 0.268 e. The molecular weight excluding hydrogens is 334 g/mol. The fraction of sp³-hybridized carbons (Fsp3) is 0.333. The molecule has 1 amide bonds. The number of rotatable bonds is 7. The van der Waals surface area contributed by atoms with Crippen molar-refractivity contribution in [2.75, 3.05) is 6.61 Å². The zero-order chi connectivity index (χ0) is 15.1. The van der Waals surface area contributed by atoms with Crippen LogP contribution in [0.5, 0.6) is 5.88 Å². The Morgan fingerprint density at radius 3 is 3.10 bits per heavy atom. The Labute approximate surface area is 132 Å². The molecule has 6 heteroatoms. The maximum absolute atomic E-state index is 12.0. The lowest BCUT2D eigenvalue weighted by molar-refractivity contribution is 0.0946. The second-order valence-electron chi connectivity index (χ2n) is 4.58. The Kier molecular flexibility index (Phi) is 5.80. The number of carbonyl (C=O) groups excluding carboxylic acids is 1. The molecule has 0 saturated heterocycles. The van der Waals surface area contributed by atoms with E-state index < -0.39 is 0 Å². The second-order valence-corrected chi connectivity index (χ2v) is 5.50. The van der Waals surface area contributed by atoms with Gasteiger partial charge in [-0.1, -0.05) is 19.4 Å². The largest absolute Gasteiger partial charge is 0.477 e. The van der Waals surface area contributed by atoms with Gasteiger partial charge >= 0.3 is 0 Å². The molecule has 0 aliphatic heterocycles. The predicted molar refractivity (Wildman–Crippen MR) is 84.3 cm³/mol. The predicted octanol–water partition coefficient (Wildman–Crippen LogP) is 3.28. The van der Waals surface area contributed by atoms with E-state index in [1.165, 1.54) is 0 Å². The Balaban J connectivity index is 1.94. The molecule has 0 aliphatic rings. The Morgan fingerprint density at radius 1 is 1.52 bits per heavy atom. The highest BCUT2D eigenvalue weighted by molar-refractivity contribution is 9.10. The number of H-pyrrole nitrogens is 1. The van der Waals surface area contributed by atoms with Gasteiger partial charge in [0, 0.05) is 29.0 Å². The van der Waals surface area contributed by atoms with E-state index >= 15 is 0 Å². The average molecular weight is 352 g/mol. The van der Waals surface area contributed by atoms with E-state index in [-0.39, 0.29) is 5.91 Å². The van der Waals surface area contributed by atoms with Crippen LogP contribution in [0.4, 0.5) is 0 Å². The van der Waals surface area contributed by atoms with E-state index in [1.807, 2.05) is 12.1 Å². The molecule has 2 N–H and O–H groups in total. The van der Waals surface area contributed by atoms with Crippen molar-refractivity contribution < 1.29 is 9.53 Å². The van der Waals surface area contributed by atoms with Crippen LogP contribution in [0.2, 0.25) is 0 Å². The molecule has 0 radical (unpaired) electrons. The number of hydrogen-bond donors (Lipinski definition) is 2. The summed E-state index contributed by atoms with van der Waals surface area (Å²) in [7, 11) is 0. The van der Waals surface area contributed by atoms with Gasteiger partial charge in [-0.3, -0.25) is 4.79 Å². The molecule has 2 heterocycles. The van der Waals surface area contributed by atoms with E-state index in [9.17, 15) is 4.79 Å². The lowest BCUT2D eigenvalue weighted by Gasteiger charge is -2.10. The number of aromatic nitrogens is 2. The van der Waals surface area contributed by atoms with E-state index in [2.05, 4.69) is 38.1 Å². The lowest BCUT2D eigenvalue weighted by atomic mass is 10.2. The van der Waals surface area contributed by atoms with E-state index in [0.717, 1.165) is 22.9 Å². The molecule has 112 valence electrons. The number of amides is 1. The van der Waals surface area contributed by atoms with Gasteiger partial charge in [0.2, 0.25) is 5.88 Å². The average Bonchev–Trinajstić information content (AvgIpc) is 2.93. The lowest BCUT2D eigenvalue weighted by Crippen LogP contribution is -2.23. The molecule has 0 fully saturated rings. The van der Waals surface area contributed by atoms with Crippen LogP contribution < -0.4 is 10.1 Å². The summed E-state index contributed by atoms with van der Waals surface area (Å²) in [4.78, 5) is 19.1. The van der Waals surface area contributed by atoms with Crippen LogP contribution in [0.3, 0.4) is 0 Å². The minimum Gasteiger partial charge on any atom is -0.477 e. The quantitative estimate of drug-likeness (QED) is 0.752. The van der Waals surface area contributed by atoms with Crippen LogP contribution in [-0.2, 0) is 6.54 Å². The summed E-state index contributed by atoms with van der Waals surface area (Å²) in [5.41, 5.74) is 1.38. The standard InChI is InChI=1S/C15H18BrN3O2/c1-2-3-7-21-15-11(5-4-6-17-15)9-19-14(20)13-8-12(16)10-18-13/h4-6,8,10,18H,2-3,7,9H2,1H3,(H,19,20). The summed E-state index contributed by atoms with van der Waals surface area (Å²) in [6.07, 6.45) is 5.46. The zero-order valence-corrected chi connectivity index (χ0v) is 13.4.